The smallest absolute Gasteiger partial charge is 0.00139 e. The Balaban J connectivity index is 0.954. The molecule has 0 saturated carbocycles. The van der Waals surface area contributed by atoms with E-state index < -0.39 is 0 Å². The first-order valence-corrected chi connectivity index (χ1v) is 23.7. The quantitative estimate of drug-likeness (QED) is 0.119. The van der Waals surface area contributed by atoms with Crippen molar-refractivity contribution in [2.45, 2.75) is 0 Å². The molecule has 0 fully saturated rings. The van der Waals surface area contributed by atoms with Crippen LogP contribution in [0.2, 0.25) is 0 Å². The molecule has 68 heavy (non-hydrogen) atoms. The van der Waals surface area contributed by atoms with Crippen LogP contribution in [0.1, 0.15) is 0 Å². The van der Waals surface area contributed by atoms with Crippen LogP contribution in [-0.2, 0) is 0 Å². The molecule has 0 bridgehead atoms. The fraction of sp³-hybridized carbons (Fsp3) is 0. The number of hydrogen-bond donors (Lipinski definition) is 0. The zero-order chi connectivity index (χ0) is 44.7. The second-order valence-corrected chi connectivity index (χ2v) is 18.2. The first-order valence-electron chi connectivity index (χ1n) is 23.7. The molecule has 14 aromatic rings. The van der Waals surface area contributed by atoms with Gasteiger partial charge in [0.05, 0.1) is 0 Å². The van der Waals surface area contributed by atoms with Gasteiger partial charge in [0.25, 0.3) is 0 Å². The fourth-order valence-corrected chi connectivity index (χ4v) is 11.6. The Morgan fingerprint density at radius 1 is 0.147 bits per heavy atom. The molecule has 0 aliphatic carbocycles. The molecule has 14 rings (SSSR count). The summed E-state index contributed by atoms with van der Waals surface area (Å²) in [5.74, 6) is 0. The predicted molar refractivity (Wildman–Crippen MR) is 294 cm³/mol. The summed E-state index contributed by atoms with van der Waals surface area (Å²) in [4.78, 5) is 0. The highest BCUT2D eigenvalue weighted by Gasteiger charge is 2.23. The Bertz CT molecular complexity index is 3950. The van der Waals surface area contributed by atoms with Crippen molar-refractivity contribution in [3.05, 3.63) is 255 Å². The molecule has 0 spiro atoms. The van der Waals surface area contributed by atoms with E-state index in [0.717, 1.165) is 0 Å². The van der Waals surface area contributed by atoms with E-state index in [-0.39, 0.29) is 0 Å². The van der Waals surface area contributed by atoms with Crippen LogP contribution in [0, 0.1) is 0 Å². The largest absolute Gasteiger partial charge is 0.0616 e. The molecule has 0 atom stereocenters. The van der Waals surface area contributed by atoms with E-state index in [1.165, 1.54) is 142 Å². The van der Waals surface area contributed by atoms with Crippen LogP contribution in [0.25, 0.3) is 142 Å². The molecule has 14 aromatic carbocycles. The third-order valence-corrected chi connectivity index (χ3v) is 14.6. The van der Waals surface area contributed by atoms with Gasteiger partial charge in [-0.2, -0.15) is 0 Å². The van der Waals surface area contributed by atoms with Crippen molar-refractivity contribution in [2.24, 2.45) is 0 Å². The van der Waals surface area contributed by atoms with Crippen LogP contribution in [-0.4, -0.2) is 0 Å². The summed E-state index contributed by atoms with van der Waals surface area (Å²) >= 11 is 0. The summed E-state index contributed by atoms with van der Waals surface area (Å²) in [7, 11) is 0. The van der Waals surface area contributed by atoms with Crippen molar-refractivity contribution < 1.29 is 0 Å². The van der Waals surface area contributed by atoms with Crippen LogP contribution < -0.4 is 0 Å². The van der Waals surface area contributed by atoms with Crippen molar-refractivity contribution >= 4 is 86.2 Å². The molecule has 0 saturated heterocycles. The molecule has 0 radical (unpaired) electrons. The van der Waals surface area contributed by atoms with Gasteiger partial charge in [0.15, 0.2) is 0 Å². The summed E-state index contributed by atoms with van der Waals surface area (Å²) in [6.07, 6.45) is 0. The minimum Gasteiger partial charge on any atom is -0.0616 e. The highest BCUT2D eigenvalue weighted by Crippen LogP contribution is 2.50. The average Bonchev–Trinajstić information content (AvgIpc) is 3.41. The molecule has 0 heterocycles. The maximum Gasteiger partial charge on any atom is -0.00139 e. The average molecular weight is 859 g/mol. The Morgan fingerprint density at radius 3 is 0.676 bits per heavy atom. The Hall–Kier alpha value is -8.84. The zero-order valence-corrected chi connectivity index (χ0v) is 37.2. The van der Waals surface area contributed by atoms with Gasteiger partial charge in [-0.15, -0.1) is 0 Å². The molecular weight excluding hydrogens is 817 g/mol. The van der Waals surface area contributed by atoms with E-state index in [1.54, 1.807) is 0 Å². The third-order valence-electron chi connectivity index (χ3n) is 14.6. The Kier molecular flexibility index (Phi) is 8.69. The maximum absolute atomic E-state index is 2.36. The van der Waals surface area contributed by atoms with Crippen LogP contribution in [0.5, 0.6) is 0 Å². The Labute approximate surface area is 394 Å². The maximum atomic E-state index is 2.36. The molecule has 0 nitrogen and oxygen atoms in total. The highest BCUT2D eigenvalue weighted by atomic mass is 14.3. The van der Waals surface area contributed by atoms with Crippen LogP contribution in [0.3, 0.4) is 0 Å². The third kappa shape index (κ3) is 5.88. The van der Waals surface area contributed by atoms with E-state index in [0.29, 0.717) is 0 Å². The zero-order valence-electron chi connectivity index (χ0n) is 37.2. The second-order valence-electron chi connectivity index (χ2n) is 18.2. The lowest BCUT2D eigenvalue weighted by molar-refractivity contribution is 1.64. The van der Waals surface area contributed by atoms with Crippen LogP contribution in [0.15, 0.2) is 255 Å². The van der Waals surface area contributed by atoms with Crippen LogP contribution in [0.4, 0.5) is 0 Å². The van der Waals surface area contributed by atoms with E-state index >= 15 is 0 Å². The summed E-state index contributed by atoms with van der Waals surface area (Å²) in [5, 5.41) is 20.2. The van der Waals surface area contributed by atoms with E-state index in [9.17, 15) is 0 Å². The fourth-order valence-electron chi connectivity index (χ4n) is 11.6. The van der Waals surface area contributed by atoms with Gasteiger partial charge in [0.2, 0.25) is 0 Å². The molecule has 0 aliphatic heterocycles. The lowest BCUT2D eigenvalue weighted by Crippen LogP contribution is -1.94. The van der Waals surface area contributed by atoms with Gasteiger partial charge in [-0.05, 0) is 154 Å². The van der Waals surface area contributed by atoms with E-state index in [4.69, 9.17) is 0 Å². The SMILES string of the molecule is c1ccc2c(c1)cc(-c1ccc(-c3c4ccccc4c(-c4c5ccccc5c(-c5ccc(-c6cc7ccccc7c7ccccc67)cc5)c5ccccc45)c4ccccc34)cc1)c1ccccc12. The minimum atomic E-state index is 1.21. The number of hydrogen-bond acceptors (Lipinski definition) is 0. The first-order chi connectivity index (χ1) is 33.8. The molecule has 314 valence electrons. The van der Waals surface area contributed by atoms with Crippen molar-refractivity contribution in [3.63, 3.8) is 0 Å². The predicted octanol–water partition coefficient (Wildman–Crippen LogP) is 19.2. The lowest BCUT2D eigenvalue weighted by Gasteiger charge is -2.22. The van der Waals surface area contributed by atoms with Gasteiger partial charge in [0.1, 0.15) is 0 Å². The van der Waals surface area contributed by atoms with Crippen molar-refractivity contribution in [1.29, 1.82) is 0 Å². The molecule has 0 aromatic heterocycles. The summed E-state index contributed by atoms with van der Waals surface area (Å²) in [6, 6.07) is 94.7. The minimum absolute atomic E-state index is 1.21. The molecule has 0 heteroatoms. The first kappa shape index (κ1) is 38.4. The van der Waals surface area contributed by atoms with Gasteiger partial charge in [-0.25, -0.2) is 0 Å². The molecule has 0 aliphatic rings. The van der Waals surface area contributed by atoms with Gasteiger partial charge in [0, 0.05) is 0 Å². The topological polar surface area (TPSA) is 0 Å². The lowest BCUT2D eigenvalue weighted by atomic mass is 9.81. The van der Waals surface area contributed by atoms with Gasteiger partial charge < -0.3 is 0 Å². The number of fused-ring (bicyclic) bond motifs is 10. The van der Waals surface area contributed by atoms with Gasteiger partial charge in [-0.1, -0.05) is 243 Å². The monoisotopic (exact) mass is 858 g/mol. The Morgan fingerprint density at radius 2 is 0.368 bits per heavy atom. The van der Waals surface area contributed by atoms with Crippen molar-refractivity contribution in [2.75, 3.05) is 0 Å². The normalized spacial score (nSPS) is 11.8. The van der Waals surface area contributed by atoms with Crippen LogP contribution >= 0.6 is 0 Å². The van der Waals surface area contributed by atoms with E-state index in [2.05, 4.69) is 255 Å². The van der Waals surface area contributed by atoms with Gasteiger partial charge >= 0.3 is 0 Å². The standard InChI is InChI=1S/C68H42/c1-3-19-49-47(17-1)41-63(53-23-7-5-21-51(49)53)43-33-37-45(38-34-43)65-55-25-9-13-29-59(55)67(60-30-14-10-26-56(60)65)68-61-31-15-11-27-57(61)66(58-28-12-16-32-62(58)68)46-39-35-44(36-40-46)64-42-48-18-2-4-20-50(48)52-22-6-8-24-54(52)64/h1-42H. The molecule has 0 amide bonds. The second kappa shape index (κ2) is 15.4. The van der Waals surface area contributed by atoms with Gasteiger partial charge in [-0.3, -0.25) is 0 Å². The summed E-state index contributed by atoms with van der Waals surface area (Å²) < 4.78 is 0. The van der Waals surface area contributed by atoms with Crippen molar-refractivity contribution in [3.8, 4) is 55.6 Å². The molecule has 0 unspecified atom stereocenters. The highest BCUT2D eigenvalue weighted by molar-refractivity contribution is 6.30. The molecular formula is C68H42. The molecule has 0 N–H and O–H groups in total. The number of benzene rings is 14. The number of rotatable bonds is 5. The van der Waals surface area contributed by atoms with Crippen molar-refractivity contribution in [1.82, 2.24) is 0 Å². The summed E-state index contributed by atoms with van der Waals surface area (Å²) in [6.45, 7) is 0. The summed E-state index contributed by atoms with van der Waals surface area (Å²) in [5.41, 5.74) is 12.4. The van der Waals surface area contributed by atoms with E-state index in [1.807, 2.05) is 0 Å².